The van der Waals surface area contributed by atoms with Gasteiger partial charge in [-0.05, 0) is 44.6 Å². The van der Waals surface area contributed by atoms with Gasteiger partial charge in [0.1, 0.15) is 0 Å². The fourth-order valence-electron chi connectivity index (χ4n) is 2.01. The van der Waals surface area contributed by atoms with Crippen LogP contribution in [0.2, 0.25) is 0 Å². The highest BCUT2D eigenvalue weighted by atomic mass is 32.2. The van der Waals surface area contributed by atoms with Gasteiger partial charge in [0.25, 0.3) is 0 Å². The number of aromatic nitrogens is 4. The summed E-state index contributed by atoms with van der Waals surface area (Å²) in [6.45, 7) is 0.539. The molecule has 6 heteroatoms. The van der Waals surface area contributed by atoms with Gasteiger partial charge in [0.05, 0.1) is 0 Å². The number of hydrogen-bond donors (Lipinski definition) is 1. The molecule has 19 heavy (non-hydrogen) atoms. The SMILES string of the molecule is Cn1nnnc1Sc1ccc(CN)c2ccccc12. The zero-order valence-corrected chi connectivity index (χ0v) is 11.3. The van der Waals surface area contributed by atoms with Crippen molar-refractivity contribution in [2.75, 3.05) is 0 Å². The summed E-state index contributed by atoms with van der Waals surface area (Å²) < 4.78 is 1.66. The van der Waals surface area contributed by atoms with Gasteiger partial charge in [-0.2, -0.15) is 0 Å². The minimum Gasteiger partial charge on any atom is -0.326 e. The smallest absolute Gasteiger partial charge is 0.213 e. The Bertz CT molecular complexity index is 722. The number of fused-ring (bicyclic) bond motifs is 1. The number of nitrogens with zero attached hydrogens (tertiary/aromatic N) is 4. The van der Waals surface area contributed by atoms with Crippen LogP contribution >= 0.6 is 11.8 Å². The van der Waals surface area contributed by atoms with E-state index in [2.05, 4.69) is 39.8 Å². The summed E-state index contributed by atoms with van der Waals surface area (Å²) in [6, 6.07) is 12.4. The van der Waals surface area contributed by atoms with Gasteiger partial charge in [0, 0.05) is 18.5 Å². The van der Waals surface area contributed by atoms with Crippen LogP contribution in [0.4, 0.5) is 0 Å². The van der Waals surface area contributed by atoms with Crippen LogP contribution in [0.25, 0.3) is 10.8 Å². The number of benzene rings is 2. The highest BCUT2D eigenvalue weighted by molar-refractivity contribution is 7.99. The molecule has 0 unspecified atom stereocenters. The number of rotatable bonds is 3. The van der Waals surface area contributed by atoms with E-state index in [9.17, 15) is 0 Å². The fraction of sp³-hybridized carbons (Fsp3) is 0.154. The van der Waals surface area contributed by atoms with Crippen LogP contribution in [0.1, 0.15) is 5.56 Å². The van der Waals surface area contributed by atoms with Crippen molar-refractivity contribution < 1.29 is 0 Å². The summed E-state index contributed by atoms with van der Waals surface area (Å²) in [5, 5.41) is 14.6. The molecule has 0 fully saturated rings. The van der Waals surface area contributed by atoms with E-state index in [1.165, 1.54) is 10.8 Å². The molecule has 0 aliphatic rings. The number of nitrogens with two attached hydrogens (primary N) is 1. The molecule has 0 atom stereocenters. The van der Waals surface area contributed by atoms with Gasteiger partial charge in [-0.3, -0.25) is 0 Å². The summed E-state index contributed by atoms with van der Waals surface area (Å²) in [4.78, 5) is 1.13. The molecule has 2 N–H and O–H groups in total. The van der Waals surface area contributed by atoms with Crippen LogP contribution in [0.15, 0.2) is 46.5 Å². The quantitative estimate of drug-likeness (QED) is 0.788. The number of tetrazole rings is 1. The molecule has 96 valence electrons. The zero-order chi connectivity index (χ0) is 13.2. The highest BCUT2D eigenvalue weighted by Gasteiger charge is 2.09. The lowest BCUT2D eigenvalue weighted by molar-refractivity contribution is 0.664. The molecule has 0 radical (unpaired) electrons. The summed E-state index contributed by atoms with van der Waals surface area (Å²) >= 11 is 1.56. The Morgan fingerprint density at radius 2 is 1.95 bits per heavy atom. The minimum atomic E-state index is 0.539. The second-order valence-corrected chi connectivity index (χ2v) is 5.17. The Kier molecular flexibility index (Phi) is 3.18. The molecule has 2 aromatic carbocycles. The van der Waals surface area contributed by atoms with Gasteiger partial charge >= 0.3 is 0 Å². The molecule has 5 nitrogen and oxygen atoms in total. The van der Waals surface area contributed by atoms with Gasteiger partial charge in [0.15, 0.2) is 0 Å². The topological polar surface area (TPSA) is 69.6 Å². The molecule has 1 aromatic heterocycles. The minimum absolute atomic E-state index is 0.539. The first-order valence-corrected chi connectivity index (χ1v) is 6.72. The summed E-state index contributed by atoms with van der Waals surface area (Å²) in [5.74, 6) is 0. The molecule has 0 spiro atoms. The fourth-order valence-corrected chi connectivity index (χ4v) is 2.87. The maximum atomic E-state index is 5.78. The lowest BCUT2D eigenvalue weighted by Crippen LogP contribution is -1.98. The predicted octanol–water partition coefficient (Wildman–Crippen LogP) is 1.97. The van der Waals surface area contributed by atoms with Crippen molar-refractivity contribution >= 4 is 22.5 Å². The van der Waals surface area contributed by atoms with E-state index in [0.717, 1.165) is 15.6 Å². The molecule has 0 bridgehead atoms. The van der Waals surface area contributed by atoms with Crippen LogP contribution in [-0.4, -0.2) is 20.2 Å². The average molecular weight is 271 g/mol. The van der Waals surface area contributed by atoms with Crippen molar-refractivity contribution in [3.8, 4) is 0 Å². The molecule has 0 saturated heterocycles. The van der Waals surface area contributed by atoms with E-state index in [1.807, 2.05) is 19.2 Å². The van der Waals surface area contributed by atoms with Gasteiger partial charge in [-0.25, -0.2) is 4.68 Å². The second kappa shape index (κ2) is 4.99. The van der Waals surface area contributed by atoms with Crippen molar-refractivity contribution in [1.29, 1.82) is 0 Å². The molecular weight excluding hydrogens is 258 g/mol. The summed E-state index contributed by atoms with van der Waals surface area (Å²) in [5.41, 5.74) is 6.93. The van der Waals surface area contributed by atoms with Crippen LogP contribution in [0.5, 0.6) is 0 Å². The molecular formula is C13H13N5S. The van der Waals surface area contributed by atoms with Gasteiger partial charge in [0.2, 0.25) is 5.16 Å². The third-order valence-corrected chi connectivity index (χ3v) is 4.08. The second-order valence-electron chi connectivity index (χ2n) is 4.16. The van der Waals surface area contributed by atoms with Crippen LogP contribution < -0.4 is 5.73 Å². The Labute approximate surface area is 114 Å². The van der Waals surface area contributed by atoms with Crippen molar-refractivity contribution in [2.45, 2.75) is 16.6 Å². The van der Waals surface area contributed by atoms with Crippen LogP contribution in [-0.2, 0) is 13.6 Å². The standard InChI is InChI=1S/C13H13N5S/c1-18-13(15-16-17-18)19-12-7-6-9(8-14)10-4-2-3-5-11(10)12/h2-7H,8,14H2,1H3. The van der Waals surface area contributed by atoms with Gasteiger partial charge in [-0.1, -0.05) is 30.3 Å². The lowest BCUT2D eigenvalue weighted by Gasteiger charge is -2.08. The molecule has 3 aromatic rings. The van der Waals surface area contributed by atoms with Crippen molar-refractivity contribution in [3.05, 3.63) is 42.0 Å². The largest absolute Gasteiger partial charge is 0.326 e. The predicted molar refractivity (Wildman–Crippen MR) is 74.8 cm³/mol. The van der Waals surface area contributed by atoms with E-state index < -0.39 is 0 Å². The third kappa shape index (κ3) is 2.20. The summed E-state index contributed by atoms with van der Waals surface area (Å²) in [7, 11) is 1.83. The van der Waals surface area contributed by atoms with Crippen molar-refractivity contribution in [2.24, 2.45) is 12.8 Å². The van der Waals surface area contributed by atoms with Crippen molar-refractivity contribution in [1.82, 2.24) is 20.2 Å². The maximum Gasteiger partial charge on any atom is 0.213 e. The summed E-state index contributed by atoms with van der Waals surface area (Å²) in [6.07, 6.45) is 0. The third-order valence-electron chi connectivity index (χ3n) is 2.98. The number of hydrogen-bond acceptors (Lipinski definition) is 5. The molecule has 3 rings (SSSR count). The monoisotopic (exact) mass is 271 g/mol. The normalized spacial score (nSPS) is 11.1. The van der Waals surface area contributed by atoms with E-state index in [4.69, 9.17) is 5.73 Å². The maximum absolute atomic E-state index is 5.78. The Morgan fingerprint density at radius 3 is 2.63 bits per heavy atom. The van der Waals surface area contributed by atoms with Crippen LogP contribution in [0, 0.1) is 0 Å². The van der Waals surface area contributed by atoms with Crippen LogP contribution in [0.3, 0.4) is 0 Å². The van der Waals surface area contributed by atoms with E-state index in [-0.39, 0.29) is 0 Å². The first kappa shape index (κ1) is 12.1. The molecule has 0 saturated carbocycles. The zero-order valence-electron chi connectivity index (χ0n) is 10.4. The Balaban J connectivity index is 2.12. The van der Waals surface area contributed by atoms with Gasteiger partial charge < -0.3 is 5.73 Å². The average Bonchev–Trinajstić information content (AvgIpc) is 2.85. The van der Waals surface area contributed by atoms with E-state index >= 15 is 0 Å². The van der Waals surface area contributed by atoms with Gasteiger partial charge in [-0.15, -0.1) is 5.10 Å². The Morgan fingerprint density at radius 1 is 1.16 bits per heavy atom. The number of aryl methyl sites for hydroxylation is 1. The molecule has 0 aliphatic carbocycles. The Hall–Kier alpha value is -1.92. The lowest BCUT2D eigenvalue weighted by atomic mass is 10.0. The first-order valence-electron chi connectivity index (χ1n) is 5.90. The molecule has 0 aliphatic heterocycles. The van der Waals surface area contributed by atoms with Crippen molar-refractivity contribution in [3.63, 3.8) is 0 Å². The first-order chi connectivity index (χ1) is 9.29. The highest BCUT2D eigenvalue weighted by Crippen LogP contribution is 2.33. The molecule has 0 amide bonds. The molecule has 1 heterocycles. The van der Waals surface area contributed by atoms with E-state index in [0.29, 0.717) is 6.54 Å². The van der Waals surface area contributed by atoms with E-state index in [1.54, 1.807) is 16.4 Å².